The Morgan fingerprint density at radius 1 is 1.67 bits per heavy atom. The summed E-state index contributed by atoms with van der Waals surface area (Å²) >= 11 is 0. The summed E-state index contributed by atoms with van der Waals surface area (Å²) < 4.78 is 0. The fourth-order valence-electron chi connectivity index (χ4n) is 0.952. The molecule has 2 N–H and O–H groups in total. The fraction of sp³-hybridized carbons (Fsp3) is 0.0909. The minimum absolute atomic E-state index is 0.185. The first-order valence-corrected chi connectivity index (χ1v) is 4.54. The van der Waals surface area contributed by atoms with Gasteiger partial charge >= 0.3 is 0 Å². The van der Waals surface area contributed by atoms with E-state index < -0.39 is 0 Å². The molecule has 0 aliphatic heterocycles. The molecule has 1 heterocycles. The summed E-state index contributed by atoms with van der Waals surface area (Å²) in [6, 6.07) is 1.36. The van der Waals surface area contributed by atoms with E-state index in [4.69, 9.17) is 0 Å². The van der Waals surface area contributed by atoms with Gasteiger partial charge in [-0.25, -0.2) is 4.98 Å². The Morgan fingerprint density at radius 3 is 3.07 bits per heavy atom. The Morgan fingerprint density at radius 2 is 2.47 bits per heavy atom. The lowest BCUT2D eigenvalue weighted by Crippen LogP contribution is -2.10. The van der Waals surface area contributed by atoms with E-state index in [-0.39, 0.29) is 5.56 Å². The molecule has 1 aromatic rings. The van der Waals surface area contributed by atoms with E-state index in [1.807, 2.05) is 19.1 Å². The Balaban J connectivity index is 2.80. The molecule has 0 saturated heterocycles. The summed E-state index contributed by atoms with van der Waals surface area (Å²) in [5, 5.41) is 2.96. The first kappa shape index (κ1) is 11.0. The lowest BCUT2D eigenvalue weighted by Gasteiger charge is -2.04. The van der Waals surface area contributed by atoms with Crippen LogP contribution in [0.4, 0.5) is 5.95 Å². The van der Waals surface area contributed by atoms with Crippen LogP contribution in [0.2, 0.25) is 0 Å². The molecule has 0 unspecified atom stereocenters. The monoisotopic (exact) mass is 203 g/mol. The maximum absolute atomic E-state index is 11.0. The minimum atomic E-state index is -0.185. The van der Waals surface area contributed by atoms with Crippen LogP contribution < -0.4 is 10.9 Å². The number of nitrogens with one attached hydrogen (secondary N) is 2. The molecule has 0 spiro atoms. The Bertz CT molecular complexity index is 443. The van der Waals surface area contributed by atoms with E-state index in [0.29, 0.717) is 5.95 Å². The Labute approximate surface area is 88.1 Å². The summed E-state index contributed by atoms with van der Waals surface area (Å²) in [5.41, 5.74) is 0.653. The zero-order valence-corrected chi connectivity index (χ0v) is 8.53. The predicted molar refractivity (Wildman–Crippen MR) is 61.6 cm³/mol. The number of H-pyrrole nitrogens is 1. The van der Waals surface area contributed by atoms with Gasteiger partial charge in [-0.1, -0.05) is 24.8 Å². The van der Waals surface area contributed by atoms with E-state index in [9.17, 15) is 4.79 Å². The van der Waals surface area contributed by atoms with Crippen molar-refractivity contribution >= 4 is 5.95 Å². The second kappa shape index (κ2) is 5.59. The summed E-state index contributed by atoms with van der Waals surface area (Å²) in [7, 11) is 0. The van der Waals surface area contributed by atoms with Crippen LogP contribution in [0.1, 0.15) is 6.92 Å². The first-order valence-electron chi connectivity index (χ1n) is 4.54. The van der Waals surface area contributed by atoms with Crippen LogP contribution in [-0.2, 0) is 0 Å². The van der Waals surface area contributed by atoms with Crippen molar-refractivity contribution in [1.82, 2.24) is 9.97 Å². The highest BCUT2D eigenvalue weighted by molar-refractivity contribution is 5.39. The number of aromatic nitrogens is 2. The molecule has 15 heavy (non-hydrogen) atoms. The van der Waals surface area contributed by atoms with Gasteiger partial charge in [-0.15, -0.1) is 0 Å². The first-order chi connectivity index (χ1) is 7.26. The van der Waals surface area contributed by atoms with Crippen LogP contribution in [0, 0.1) is 0 Å². The molecule has 0 aromatic carbocycles. The molecule has 0 fully saturated rings. The SMILES string of the molecule is C=C/C=C\C(=C/C)Nc1nccc(=O)[nH]1. The molecular formula is C11H13N3O. The second-order valence-corrected chi connectivity index (χ2v) is 2.75. The summed E-state index contributed by atoms with van der Waals surface area (Å²) in [6.07, 6.45) is 8.62. The third-order valence-corrected chi connectivity index (χ3v) is 1.66. The summed E-state index contributed by atoms with van der Waals surface area (Å²) in [6.45, 7) is 5.46. The molecule has 0 atom stereocenters. The molecule has 0 amide bonds. The Kier molecular flexibility index (Phi) is 4.09. The third kappa shape index (κ3) is 3.64. The van der Waals surface area contributed by atoms with Crippen molar-refractivity contribution in [3.8, 4) is 0 Å². The predicted octanol–water partition coefficient (Wildman–Crippen LogP) is 1.83. The van der Waals surface area contributed by atoms with E-state index in [1.165, 1.54) is 12.3 Å². The molecular weight excluding hydrogens is 190 g/mol. The van der Waals surface area contributed by atoms with Gasteiger partial charge in [-0.05, 0) is 13.0 Å². The fourth-order valence-corrected chi connectivity index (χ4v) is 0.952. The van der Waals surface area contributed by atoms with Crippen molar-refractivity contribution in [2.24, 2.45) is 0 Å². The average molecular weight is 203 g/mol. The average Bonchev–Trinajstić information content (AvgIpc) is 2.24. The molecule has 0 aliphatic carbocycles. The molecule has 4 nitrogen and oxygen atoms in total. The molecule has 78 valence electrons. The van der Waals surface area contributed by atoms with Gasteiger partial charge < -0.3 is 5.32 Å². The van der Waals surface area contributed by atoms with E-state index in [0.717, 1.165) is 5.70 Å². The lowest BCUT2D eigenvalue weighted by atomic mass is 10.3. The maximum Gasteiger partial charge on any atom is 0.252 e. The van der Waals surface area contributed by atoms with Gasteiger partial charge in [0.15, 0.2) is 0 Å². The molecule has 0 aliphatic rings. The molecule has 0 radical (unpaired) electrons. The van der Waals surface area contributed by atoms with Crippen LogP contribution >= 0.6 is 0 Å². The van der Waals surface area contributed by atoms with Crippen LogP contribution in [0.5, 0.6) is 0 Å². The number of anilines is 1. The highest BCUT2D eigenvalue weighted by Gasteiger charge is 1.94. The lowest BCUT2D eigenvalue weighted by molar-refractivity contribution is 1.11. The van der Waals surface area contributed by atoms with Crippen molar-refractivity contribution < 1.29 is 0 Å². The van der Waals surface area contributed by atoms with Crippen LogP contribution in [-0.4, -0.2) is 9.97 Å². The van der Waals surface area contributed by atoms with Gasteiger partial charge in [0.2, 0.25) is 5.95 Å². The highest BCUT2D eigenvalue weighted by atomic mass is 16.1. The number of nitrogens with zero attached hydrogens (tertiary/aromatic N) is 1. The van der Waals surface area contributed by atoms with Gasteiger partial charge in [0.1, 0.15) is 0 Å². The van der Waals surface area contributed by atoms with Gasteiger partial charge in [-0.3, -0.25) is 9.78 Å². The maximum atomic E-state index is 11.0. The zero-order chi connectivity index (χ0) is 11.1. The smallest absolute Gasteiger partial charge is 0.252 e. The van der Waals surface area contributed by atoms with Crippen molar-refractivity contribution in [3.05, 3.63) is 59.2 Å². The number of rotatable bonds is 4. The number of aromatic amines is 1. The standard InChI is InChI=1S/C11H13N3O/c1-3-5-6-9(4-2)13-11-12-8-7-10(15)14-11/h3-8H,1H2,2H3,(H2,12,13,14,15)/b6-5-,9-4+. The van der Waals surface area contributed by atoms with Crippen LogP contribution in [0.3, 0.4) is 0 Å². The minimum Gasteiger partial charge on any atom is -0.326 e. The van der Waals surface area contributed by atoms with Gasteiger partial charge in [0, 0.05) is 18.0 Å². The number of hydrogen-bond acceptors (Lipinski definition) is 3. The quantitative estimate of drug-likeness (QED) is 0.734. The third-order valence-electron chi connectivity index (χ3n) is 1.66. The van der Waals surface area contributed by atoms with Gasteiger partial charge in [0.25, 0.3) is 5.56 Å². The van der Waals surface area contributed by atoms with Gasteiger partial charge in [0.05, 0.1) is 0 Å². The van der Waals surface area contributed by atoms with Crippen LogP contribution in [0.25, 0.3) is 0 Å². The molecule has 0 saturated carbocycles. The molecule has 0 bridgehead atoms. The van der Waals surface area contributed by atoms with E-state index in [1.54, 1.807) is 12.2 Å². The summed E-state index contributed by atoms with van der Waals surface area (Å²) in [4.78, 5) is 17.5. The van der Waals surface area contributed by atoms with Crippen LogP contribution in [0.15, 0.2) is 53.6 Å². The molecule has 4 heteroatoms. The number of allylic oxidation sites excluding steroid dienone is 4. The van der Waals surface area contributed by atoms with Crippen molar-refractivity contribution in [2.45, 2.75) is 6.92 Å². The Hall–Kier alpha value is -2.10. The van der Waals surface area contributed by atoms with Crippen molar-refractivity contribution in [3.63, 3.8) is 0 Å². The largest absolute Gasteiger partial charge is 0.326 e. The topological polar surface area (TPSA) is 57.8 Å². The van der Waals surface area contributed by atoms with E-state index in [2.05, 4.69) is 21.9 Å². The second-order valence-electron chi connectivity index (χ2n) is 2.75. The molecule has 1 rings (SSSR count). The zero-order valence-electron chi connectivity index (χ0n) is 8.53. The molecule has 1 aromatic heterocycles. The van der Waals surface area contributed by atoms with Gasteiger partial charge in [-0.2, -0.15) is 0 Å². The normalized spacial score (nSPS) is 11.7. The van der Waals surface area contributed by atoms with Crippen molar-refractivity contribution in [1.29, 1.82) is 0 Å². The van der Waals surface area contributed by atoms with E-state index >= 15 is 0 Å². The highest BCUT2D eigenvalue weighted by Crippen LogP contribution is 2.01. The number of hydrogen-bond donors (Lipinski definition) is 2. The van der Waals surface area contributed by atoms with Crippen molar-refractivity contribution in [2.75, 3.05) is 5.32 Å². The summed E-state index contributed by atoms with van der Waals surface area (Å²) in [5.74, 6) is 0.421.